The maximum atomic E-state index is 12.4. The van der Waals surface area contributed by atoms with Crippen LogP contribution in [-0.2, 0) is 13.1 Å². The predicted octanol–water partition coefficient (Wildman–Crippen LogP) is 5.37. The predicted molar refractivity (Wildman–Crippen MR) is 114 cm³/mol. The Morgan fingerprint density at radius 2 is 1.86 bits per heavy atom. The molecule has 4 nitrogen and oxygen atoms in total. The summed E-state index contributed by atoms with van der Waals surface area (Å²) in [5, 5.41) is 5.11. The highest BCUT2D eigenvalue weighted by Gasteiger charge is 2.27. The van der Waals surface area contributed by atoms with Crippen molar-refractivity contribution < 1.29 is 4.79 Å². The molecule has 0 radical (unpaired) electrons. The monoisotopic (exact) mass is 413 g/mol. The zero-order valence-corrected chi connectivity index (χ0v) is 17.0. The number of nitrogens with zero attached hydrogens (tertiary/aromatic N) is 1. The normalized spacial score (nSPS) is 17.1. The number of aromatic nitrogens is 1. The minimum atomic E-state index is -0.104. The summed E-state index contributed by atoms with van der Waals surface area (Å²) in [5.41, 5.74) is 5.27. The van der Waals surface area contributed by atoms with Gasteiger partial charge in [-0.25, -0.2) is 0 Å². The van der Waals surface area contributed by atoms with Gasteiger partial charge in [-0.05, 0) is 49.7 Å². The van der Waals surface area contributed by atoms with Gasteiger partial charge < -0.3 is 10.3 Å². The van der Waals surface area contributed by atoms with Crippen LogP contribution in [0.4, 0.5) is 0 Å². The highest BCUT2D eigenvalue weighted by molar-refractivity contribution is 6.39. The number of hydrogen-bond donors (Lipinski definition) is 2. The Balaban J connectivity index is 1.56. The summed E-state index contributed by atoms with van der Waals surface area (Å²) in [6.45, 7) is 3.73. The first-order valence-corrected chi connectivity index (χ1v) is 10.5. The van der Waals surface area contributed by atoms with E-state index in [1.54, 1.807) is 0 Å². The number of carbonyl (C=O) groups is 1. The maximum absolute atomic E-state index is 12.4. The summed E-state index contributed by atoms with van der Waals surface area (Å²) in [6, 6.07) is 10.1. The van der Waals surface area contributed by atoms with Crippen LogP contribution in [0, 0.1) is 0 Å². The fraction of sp³-hybridized carbons (Fsp3) is 0.318. The molecule has 1 fully saturated rings. The Morgan fingerprint density at radius 3 is 2.68 bits per heavy atom. The van der Waals surface area contributed by atoms with Crippen molar-refractivity contribution in [3.63, 3.8) is 0 Å². The lowest BCUT2D eigenvalue weighted by molar-refractivity contribution is 0.0966. The summed E-state index contributed by atoms with van der Waals surface area (Å²) >= 11 is 13.1. The second-order valence-corrected chi connectivity index (χ2v) is 8.45. The molecule has 2 aliphatic heterocycles. The van der Waals surface area contributed by atoms with Crippen LogP contribution in [-0.4, -0.2) is 28.9 Å². The van der Waals surface area contributed by atoms with Gasteiger partial charge in [-0.3, -0.25) is 9.69 Å². The number of piperidine rings is 1. The van der Waals surface area contributed by atoms with Gasteiger partial charge in [0.1, 0.15) is 0 Å². The third kappa shape index (κ3) is 3.00. The number of halogens is 2. The van der Waals surface area contributed by atoms with Crippen LogP contribution < -0.4 is 5.32 Å². The lowest BCUT2D eigenvalue weighted by atomic mass is 10.00. The van der Waals surface area contributed by atoms with Gasteiger partial charge in [0, 0.05) is 40.1 Å². The first kappa shape index (κ1) is 18.0. The first-order valence-electron chi connectivity index (χ1n) is 9.74. The molecule has 3 aromatic rings. The van der Waals surface area contributed by atoms with E-state index in [9.17, 15) is 4.79 Å². The van der Waals surface area contributed by atoms with E-state index in [4.69, 9.17) is 23.2 Å². The summed E-state index contributed by atoms with van der Waals surface area (Å²) < 4.78 is 0. The van der Waals surface area contributed by atoms with Crippen molar-refractivity contribution in [3.8, 4) is 11.3 Å². The number of fused-ring (bicyclic) bond motifs is 2. The van der Waals surface area contributed by atoms with Gasteiger partial charge >= 0.3 is 0 Å². The number of amides is 1. The molecule has 0 atom stereocenters. The van der Waals surface area contributed by atoms with E-state index in [0.717, 1.165) is 47.4 Å². The van der Waals surface area contributed by atoms with Crippen LogP contribution in [0.5, 0.6) is 0 Å². The Kier molecular flexibility index (Phi) is 4.58. The SMILES string of the molecule is O=C1NCc2c(Cl)ccc(-c3[nH]c4ccc(CN5CCCCC5)cc4c3Cl)c21. The van der Waals surface area contributed by atoms with Crippen LogP contribution in [0.2, 0.25) is 10.0 Å². The van der Waals surface area contributed by atoms with E-state index in [0.29, 0.717) is 22.2 Å². The zero-order valence-electron chi connectivity index (χ0n) is 15.4. The van der Waals surface area contributed by atoms with Crippen molar-refractivity contribution in [1.82, 2.24) is 15.2 Å². The van der Waals surface area contributed by atoms with Crippen molar-refractivity contribution >= 4 is 40.0 Å². The molecule has 1 aromatic heterocycles. The van der Waals surface area contributed by atoms with Crippen molar-refractivity contribution in [3.05, 3.63) is 57.1 Å². The fourth-order valence-electron chi connectivity index (χ4n) is 4.39. The zero-order chi connectivity index (χ0) is 19.3. The van der Waals surface area contributed by atoms with Gasteiger partial charge in [0.05, 0.1) is 16.3 Å². The van der Waals surface area contributed by atoms with Gasteiger partial charge in [-0.2, -0.15) is 0 Å². The van der Waals surface area contributed by atoms with Crippen molar-refractivity contribution in [2.75, 3.05) is 13.1 Å². The fourth-order valence-corrected chi connectivity index (χ4v) is 4.92. The molecule has 2 N–H and O–H groups in total. The van der Waals surface area contributed by atoms with Crippen LogP contribution in [0.15, 0.2) is 30.3 Å². The standard InChI is InChI=1S/C22H21Cl2N3O/c23-17-6-5-14(19-16(17)11-25-22(19)28)21-20(24)15-10-13(4-7-18(15)26-21)12-27-8-2-1-3-9-27/h4-7,10,26H,1-3,8-9,11-12H2,(H,25,28). The molecule has 0 spiro atoms. The number of hydrogen-bond acceptors (Lipinski definition) is 2. The molecule has 5 rings (SSSR count). The van der Waals surface area contributed by atoms with E-state index in [1.165, 1.54) is 24.8 Å². The van der Waals surface area contributed by atoms with E-state index in [1.807, 2.05) is 12.1 Å². The molecule has 0 saturated carbocycles. The van der Waals surface area contributed by atoms with Gasteiger partial charge in [-0.1, -0.05) is 41.8 Å². The Labute approximate surface area is 173 Å². The molecule has 3 heterocycles. The van der Waals surface area contributed by atoms with E-state index < -0.39 is 0 Å². The van der Waals surface area contributed by atoms with E-state index in [2.05, 4.69) is 33.4 Å². The van der Waals surface area contributed by atoms with Gasteiger partial charge in [0.15, 0.2) is 0 Å². The Morgan fingerprint density at radius 1 is 1.04 bits per heavy atom. The minimum Gasteiger partial charge on any atom is -0.353 e. The van der Waals surface area contributed by atoms with Crippen molar-refractivity contribution in [2.45, 2.75) is 32.4 Å². The largest absolute Gasteiger partial charge is 0.353 e. The molecule has 28 heavy (non-hydrogen) atoms. The Bertz CT molecular complexity index is 1080. The van der Waals surface area contributed by atoms with E-state index in [-0.39, 0.29) is 5.91 Å². The second kappa shape index (κ2) is 7.11. The van der Waals surface area contributed by atoms with Crippen LogP contribution in [0.3, 0.4) is 0 Å². The molecule has 1 saturated heterocycles. The Hall–Kier alpha value is -2.01. The highest BCUT2D eigenvalue weighted by Crippen LogP contribution is 2.40. The number of rotatable bonds is 3. The number of benzene rings is 2. The van der Waals surface area contributed by atoms with Crippen LogP contribution in [0.1, 0.15) is 40.7 Å². The highest BCUT2D eigenvalue weighted by atomic mass is 35.5. The number of carbonyl (C=O) groups excluding carboxylic acids is 1. The second-order valence-electron chi connectivity index (χ2n) is 7.66. The maximum Gasteiger partial charge on any atom is 0.252 e. The van der Waals surface area contributed by atoms with Crippen molar-refractivity contribution in [1.29, 1.82) is 0 Å². The quantitative estimate of drug-likeness (QED) is 0.605. The molecule has 2 aliphatic rings. The number of H-pyrrole nitrogens is 1. The topological polar surface area (TPSA) is 48.1 Å². The van der Waals surface area contributed by atoms with Crippen LogP contribution in [0.25, 0.3) is 22.2 Å². The molecule has 1 amide bonds. The lowest BCUT2D eigenvalue weighted by Crippen LogP contribution is -2.29. The first-order chi connectivity index (χ1) is 13.6. The average Bonchev–Trinajstić information content (AvgIpc) is 3.25. The molecule has 2 aromatic carbocycles. The molecule has 6 heteroatoms. The number of aromatic amines is 1. The molecule has 0 aliphatic carbocycles. The van der Waals surface area contributed by atoms with Crippen LogP contribution >= 0.6 is 23.2 Å². The van der Waals surface area contributed by atoms with Crippen molar-refractivity contribution in [2.24, 2.45) is 0 Å². The summed E-state index contributed by atoms with van der Waals surface area (Å²) in [4.78, 5) is 18.3. The lowest BCUT2D eigenvalue weighted by Gasteiger charge is -2.26. The summed E-state index contributed by atoms with van der Waals surface area (Å²) in [5.74, 6) is -0.104. The third-order valence-corrected chi connectivity index (χ3v) is 6.58. The molecule has 144 valence electrons. The van der Waals surface area contributed by atoms with Gasteiger partial charge in [0.2, 0.25) is 0 Å². The average molecular weight is 414 g/mol. The smallest absolute Gasteiger partial charge is 0.252 e. The van der Waals surface area contributed by atoms with Gasteiger partial charge in [-0.15, -0.1) is 0 Å². The summed E-state index contributed by atoms with van der Waals surface area (Å²) in [7, 11) is 0. The molecular weight excluding hydrogens is 393 g/mol. The molecule has 0 unspecified atom stereocenters. The minimum absolute atomic E-state index is 0.104. The number of likely N-dealkylation sites (tertiary alicyclic amines) is 1. The third-order valence-electron chi connectivity index (χ3n) is 5.83. The summed E-state index contributed by atoms with van der Waals surface area (Å²) in [6.07, 6.45) is 3.89. The molecule has 0 bridgehead atoms. The van der Waals surface area contributed by atoms with Gasteiger partial charge in [0.25, 0.3) is 5.91 Å². The number of nitrogens with one attached hydrogen (secondary N) is 2. The molecular formula is C22H21Cl2N3O. The van der Waals surface area contributed by atoms with E-state index >= 15 is 0 Å².